The van der Waals surface area contributed by atoms with Crippen molar-refractivity contribution in [2.24, 2.45) is 0 Å². The number of hydrogen-bond donors (Lipinski definition) is 1. The van der Waals surface area contributed by atoms with Gasteiger partial charge in [-0.15, -0.1) is 0 Å². The molecule has 0 aliphatic rings. The molecule has 19 heavy (non-hydrogen) atoms. The Morgan fingerprint density at radius 1 is 0.947 bits per heavy atom. The summed E-state index contributed by atoms with van der Waals surface area (Å²) in [7, 11) is 1.29. The fraction of sp³-hybridized carbons (Fsp3) is 0.0769. The molecule has 2 rings (SSSR count). The van der Waals surface area contributed by atoms with Crippen molar-refractivity contribution in [2.75, 3.05) is 12.8 Å². The largest absolute Gasteiger partial charge is 0.441 e. The zero-order valence-electron chi connectivity index (χ0n) is 10.4. The van der Waals surface area contributed by atoms with Crippen LogP contribution in [0.25, 0.3) is 0 Å². The minimum Gasteiger partial charge on any atom is -0.441 e. The highest BCUT2D eigenvalue weighted by molar-refractivity contribution is 7.27. The maximum Gasteiger partial charge on any atom is 0.275 e. The van der Waals surface area contributed by atoms with Gasteiger partial charge in [-0.05, 0) is 36.4 Å². The zero-order chi connectivity index (χ0) is 13.7. The van der Waals surface area contributed by atoms with Crippen molar-refractivity contribution < 1.29 is 13.8 Å². The standard InChI is InChI=1S/C13H14N2O3P/c1-15(16)11-4-8-13(9-5-11)18-19-17-12-6-2-10(14)3-7-12/h2-9,19H,14H2,1H3/q+1. The Bertz CT molecular complexity index is 555. The number of rotatable bonds is 5. The summed E-state index contributed by atoms with van der Waals surface area (Å²) >= 11 is 0. The van der Waals surface area contributed by atoms with Gasteiger partial charge in [0.2, 0.25) is 0 Å². The molecule has 2 aromatic rings. The topological polar surface area (TPSA) is 64.6 Å². The van der Waals surface area contributed by atoms with Gasteiger partial charge in [0, 0.05) is 27.5 Å². The van der Waals surface area contributed by atoms with Crippen LogP contribution in [0.15, 0.2) is 48.5 Å². The molecule has 0 spiro atoms. The van der Waals surface area contributed by atoms with Crippen LogP contribution in [0.5, 0.6) is 11.5 Å². The van der Waals surface area contributed by atoms with Crippen molar-refractivity contribution in [3.63, 3.8) is 0 Å². The molecule has 98 valence electrons. The van der Waals surface area contributed by atoms with Crippen LogP contribution in [-0.4, -0.2) is 11.8 Å². The third kappa shape index (κ3) is 3.93. The quantitative estimate of drug-likeness (QED) is 0.517. The molecule has 6 heteroatoms. The van der Waals surface area contributed by atoms with Crippen LogP contribution in [0.4, 0.5) is 11.4 Å². The van der Waals surface area contributed by atoms with Crippen LogP contribution in [0.3, 0.4) is 0 Å². The van der Waals surface area contributed by atoms with E-state index in [0.29, 0.717) is 22.9 Å². The second kappa shape index (κ2) is 6.16. The molecule has 2 aromatic carbocycles. The van der Waals surface area contributed by atoms with E-state index in [1.54, 1.807) is 48.5 Å². The summed E-state index contributed by atoms with van der Waals surface area (Å²) in [6, 6.07) is 13.9. The minimum absolute atomic E-state index is 0.157. The van der Waals surface area contributed by atoms with Crippen molar-refractivity contribution in [1.29, 1.82) is 0 Å². The lowest BCUT2D eigenvalue weighted by Gasteiger charge is -2.06. The first-order chi connectivity index (χ1) is 9.15. The van der Waals surface area contributed by atoms with E-state index in [0.717, 1.165) is 4.76 Å². The number of anilines is 1. The number of benzene rings is 2. The number of nitrogens with two attached hydrogens (primary N) is 1. The fourth-order valence-electron chi connectivity index (χ4n) is 1.38. The number of nitroso groups, excluding NO2 is 1. The molecule has 1 unspecified atom stereocenters. The van der Waals surface area contributed by atoms with E-state index >= 15 is 0 Å². The first kappa shape index (κ1) is 13.3. The molecule has 0 heterocycles. The Kier molecular flexibility index (Phi) is 4.31. The van der Waals surface area contributed by atoms with Gasteiger partial charge in [0.1, 0.15) is 11.5 Å². The van der Waals surface area contributed by atoms with Gasteiger partial charge in [-0.3, -0.25) is 0 Å². The maximum absolute atomic E-state index is 11.0. The van der Waals surface area contributed by atoms with Crippen LogP contribution >= 0.6 is 9.03 Å². The van der Waals surface area contributed by atoms with Gasteiger partial charge >= 0.3 is 0 Å². The van der Waals surface area contributed by atoms with Gasteiger partial charge in [0.05, 0.1) is 0 Å². The number of nitrogens with zero attached hydrogens (tertiary/aromatic N) is 1. The molecule has 0 aliphatic heterocycles. The van der Waals surface area contributed by atoms with Gasteiger partial charge < -0.3 is 14.8 Å². The van der Waals surface area contributed by atoms with Crippen LogP contribution < -0.4 is 14.8 Å². The Hall–Kier alpha value is -2.13. The predicted octanol–water partition coefficient (Wildman–Crippen LogP) is 3.28. The molecule has 0 fully saturated rings. The average Bonchev–Trinajstić information content (AvgIpc) is 2.41. The summed E-state index contributed by atoms with van der Waals surface area (Å²) < 4.78 is 11.6. The molecule has 2 N–H and O–H groups in total. The van der Waals surface area contributed by atoms with E-state index in [2.05, 4.69) is 0 Å². The van der Waals surface area contributed by atoms with Crippen molar-refractivity contribution in [3.05, 3.63) is 53.4 Å². The second-order valence-corrected chi connectivity index (χ2v) is 4.42. The molecule has 0 bridgehead atoms. The lowest BCUT2D eigenvalue weighted by Crippen LogP contribution is -1.90. The maximum atomic E-state index is 11.0. The van der Waals surface area contributed by atoms with E-state index in [-0.39, 0.29) is 9.03 Å². The lowest BCUT2D eigenvalue weighted by molar-refractivity contribution is -0.428. The zero-order valence-corrected chi connectivity index (χ0v) is 11.4. The monoisotopic (exact) mass is 277 g/mol. The molecule has 0 amide bonds. The van der Waals surface area contributed by atoms with Crippen molar-refractivity contribution in [2.45, 2.75) is 0 Å². The smallest absolute Gasteiger partial charge is 0.275 e. The van der Waals surface area contributed by atoms with E-state index in [1.807, 2.05) is 0 Å². The van der Waals surface area contributed by atoms with Crippen LogP contribution in [0.2, 0.25) is 0 Å². The van der Waals surface area contributed by atoms with Crippen molar-refractivity contribution in [1.82, 2.24) is 0 Å². The molecule has 0 aromatic heterocycles. The summed E-state index contributed by atoms with van der Waals surface area (Å²) in [6.45, 7) is 0. The van der Waals surface area contributed by atoms with E-state index < -0.39 is 0 Å². The van der Waals surface area contributed by atoms with Gasteiger partial charge in [-0.1, -0.05) is 0 Å². The fourth-order valence-corrected chi connectivity index (χ4v) is 1.88. The summed E-state index contributed by atoms with van der Waals surface area (Å²) in [5.74, 6) is 1.35. The molecule has 0 radical (unpaired) electrons. The Morgan fingerprint density at radius 3 is 1.89 bits per heavy atom. The highest BCUT2D eigenvalue weighted by Crippen LogP contribution is 2.26. The molecular weight excluding hydrogens is 263 g/mol. The van der Waals surface area contributed by atoms with Gasteiger partial charge in [-0.2, -0.15) is 0 Å². The second-order valence-electron chi connectivity index (χ2n) is 3.85. The van der Waals surface area contributed by atoms with Crippen molar-refractivity contribution in [3.8, 4) is 11.5 Å². The van der Waals surface area contributed by atoms with E-state index in [4.69, 9.17) is 14.8 Å². The third-order valence-corrected chi connectivity index (χ3v) is 3.04. The summed E-state index contributed by atoms with van der Waals surface area (Å²) in [5, 5.41) is 0. The average molecular weight is 277 g/mol. The number of hydrogen-bond acceptors (Lipinski definition) is 4. The normalized spacial score (nSPS) is 10.6. The number of nitrogen functional groups attached to an aromatic ring is 1. The highest BCUT2D eigenvalue weighted by atomic mass is 31.1. The summed E-state index contributed by atoms with van der Waals surface area (Å²) in [6.07, 6.45) is 0. The third-order valence-electron chi connectivity index (χ3n) is 2.40. The molecule has 0 aliphatic carbocycles. The Labute approximate surface area is 112 Å². The molecule has 5 nitrogen and oxygen atoms in total. The van der Waals surface area contributed by atoms with Gasteiger partial charge in [0.25, 0.3) is 14.7 Å². The summed E-state index contributed by atoms with van der Waals surface area (Å²) in [4.78, 5) is 11.0. The lowest BCUT2D eigenvalue weighted by atomic mass is 10.3. The predicted molar refractivity (Wildman–Crippen MR) is 76.1 cm³/mol. The van der Waals surface area contributed by atoms with Gasteiger partial charge in [-0.25, -0.2) is 0 Å². The first-order valence-corrected chi connectivity index (χ1v) is 6.42. The Morgan fingerprint density at radius 2 is 1.42 bits per heavy atom. The first-order valence-electron chi connectivity index (χ1n) is 5.60. The molecular formula is C13H14N2O3P+. The van der Waals surface area contributed by atoms with E-state index in [1.165, 1.54) is 7.05 Å². The Balaban J connectivity index is 1.85. The SMILES string of the molecule is C[N+](=O)c1ccc(OPOc2ccc(N)cc2)cc1. The van der Waals surface area contributed by atoms with Crippen LogP contribution in [0.1, 0.15) is 0 Å². The molecule has 1 atom stereocenters. The van der Waals surface area contributed by atoms with Crippen LogP contribution in [0, 0.1) is 4.91 Å². The van der Waals surface area contributed by atoms with Gasteiger partial charge in [0.15, 0.2) is 7.05 Å². The molecule has 0 saturated carbocycles. The van der Waals surface area contributed by atoms with Crippen LogP contribution in [-0.2, 0) is 0 Å². The molecule has 0 saturated heterocycles. The summed E-state index contributed by atoms with van der Waals surface area (Å²) in [5.41, 5.74) is 6.84. The minimum atomic E-state index is -0.157. The highest BCUT2D eigenvalue weighted by Gasteiger charge is 2.05. The van der Waals surface area contributed by atoms with Crippen molar-refractivity contribution >= 4 is 20.4 Å². The van der Waals surface area contributed by atoms with E-state index in [9.17, 15) is 4.91 Å².